The lowest BCUT2D eigenvalue weighted by Gasteiger charge is -2.45. The number of benzene rings is 3. The maximum atomic E-state index is 12.7. The minimum absolute atomic E-state index is 0.0104. The van der Waals surface area contributed by atoms with E-state index in [2.05, 4.69) is 34.2 Å². The van der Waals surface area contributed by atoms with Crippen molar-refractivity contribution in [3.8, 4) is 22.9 Å². The number of rotatable bonds is 6. The lowest BCUT2D eigenvalue weighted by atomic mass is 9.82. The van der Waals surface area contributed by atoms with E-state index in [4.69, 9.17) is 4.74 Å². The molecule has 0 unspecified atom stereocenters. The molecule has 2 aliphatic heterocycles. The van der Waals surface area contributed by atoms with E-state index in [1.165, 1.54) is 5.56 Å². The Balaban J connectivity index is 1.10. The lowest BCUT2D eigenvalue weighted by Crippen LogP contribution is -2.50. The Hall–Kier alpha value is -4.15. The minimum Gasteiger partial charge on any atom is -0.487 e. The molecule has 0 amide bonds. The molecule has 6 rings (SSSR count). The SMILES string of the molecule is N#Cc1ccccc1N1CCC2(CCc3cc(-c4ccc(CS(=O)(=O)Cc5ccccn5)cc4)ccc3O2)CC1. The number of sulfone groups is 1. The van der Waals surface area contributed by atoms with E-state index >= 15 is 0 Å². The highest BCUT2D eigenvalue weighted by molar-refractivity contribution is 7.89. The standard InChI is InChI=1S/C33H31N3O3S/c34-22-29-5-1-2-7-31(29)36-19-16-33(17-20-36)15-14-28-21-27(12-13-32(28)39-33)26-10-8-25(9-11-26)23-40(37,38)24-30-6-3-4-18-35-30/h1-13,18,21H,14-17,19-20,23-24H2. The maximum Gasteiger partial charge on any atom is 0.160 e. The first-order chi connectivity index (χ1) is 19.4. The van der Waals surface area contributed by atoms with Crippen molar-refractivity contribution in [1.29, 1.82) is 5.26 Å². The van der Waals surface area contributed by atoms with Crippen LogP contribution in [-0.2, 0) is 27.8 Å². The Labute approximate surface area is 235 Å². The summed E-state index contributed by atoms with van der Waals surface area (Å²) in [5.41, 5.74) is 6.27. The van der Waals surface area contributed by atoms with Crippen molar-refractivity contribution in [2.24, 2.45) is 0 Å². The van der Waals surface area contributed by atoms with Gasteiger partial charge in [-0.25, -0.2) is 8.42 Å². The number of ether oxygens (including phenoxy) is 1. The minimum atomic E-state index is -3.31. The molecule has 0 radical (unpaired) electrons. The zero-order valence-corrected chi connectivity index (χ0v) is 23.1. The fourth-order valence-electron chi connectivity index (χ4n) is 5.86. The average Bonchev–Trinajstić information content (AvgIpc) is 2.98. The largest absolute Gasteiger partial charge is 0.487 e. The van der Waals surface area contributed by atoms with Crippen LogP contribution in [0, 0.1) is 11.3 Å². The second-order valence-electron chi connectivity index (χ2n) is 10.8. The van der Waals surface area contributed by atoms with Crippen LogP contribution in [0.5, 0.6) is 5.75 Å². The Morgan fingerprint density at radius 3 is 2.38 bits per heavy atom. The Morgan fingerprint density at radius 2 is 1.62 bits per heavy atom. The number of anilines is 1. The molecule has 40 heavy (non-hydrogen) atoms. The van der Waals surface area contributed by atoms with Gasteiger partial charge < -0.3 is 9.64 Å². The predicted octanol–water partition coefficient (Wildman–Crippen LogP) is 6.10. The summed E-state index contributed by atoms with van der Waals surface area (Å²) in [5.74, 6) is 0.884. The third-order valence-corrected chi connectivity index (χ3v) is 9.55. The van der Waals surface area contributed by atoms with Gasteiger partial charge in [-0.2, -0.15) is 5.26 Å². The first-order valence-electron chi connectivity index (χ1n) is 13.7. The molecule has 1 saturated heterocycles. The predicted molar refractivity (Wildman–Crippen MR) is 157 cm³/mol. The van der Waals surface area contributed by atoms with E-state index in [1.54, 1.807) is 24.4 Å². The molecule has 202 valence electrons. The van der Waals surface area contributed by atoms with Crippen molar-refractivity contribution in [2.45, 2.75) is 42.8 Å². The number of nitriles is 1. The third-order valence-electron chi connectivity index (χ3n) is 8.04. The lowest BCUT2D eigenvalue weighted by molar-refractivity contribution is 0.0226. The van der Waals surface area contributed by atoms with Crippen molar-refractivity contribution < 1.29 is 13.2 Å². The summed E-state index contributed by atoms with van der Waals surface area (Å²) in [6.45, 7) is 1.74. The Bertz CT molecular complexity index is 1650. The van der Waals surface area contributed by atoms with Crippen LogP contribution in [0.4, 0.5) is 5.69 Å². The molecule has 0 bridgehead atoms. The second kappa shape index (κ2) is 10.8. The highest BCUT2D eigenvalue weighted by Crippen LogP contribution is 2.41. The number of para-hydroxylation sites is 1. The van der Waals surface area contributed by atoms with Gasteiger partial charge in [0.25, 0.3) is 0 Å². The molecule has 1 fully saturated rings. The van der Waals surface area contributed by atoms with Gasteiger partial charge in [0, 0.05) is 32.1 Å². The van der Waals surface area contributed by atoms with Crippen LogP contribution in [0.25, 0.3) is 11.1 Å². The molecular formula is C33H31N3O3S. The number of aromatic nitrogens is 1. The number of hydrogen-bond acceptors (Lipinski definition) is 6. The van der Waals surface area contributed by atoms with Crippen LogP contribution in [0.2, 0.25) is 0 Å². The smallest absolute Gasteiger partial charge is 0.160 e. The molecule has 7 heteroatoms. The number of aryl methyl sites for hydroxylation is 1. The molecule has 4 aromatic rings. The molecule has 2 aliphatic rings. The zero-order chi connectivity index (χ0) is 27.6. The van der Waals surface area contributed by atoms with E-state index in [9.17, 15) is 13.7 Å². The van der Waals surface area contributed by atoms with Crippen molar-refractivity contribution in [3.63, 3.8) is 0 Å². The summed E-state index contributed by atoms with van der Waals surface area (Å²) in [6, 6.07) is 29.6. The van der Waals surface area contributed by atoms with Crippen molar-refractivity contribution in [2.75, 3.05) is 18.0 Å². The van der Waals surface area contributed by atoms with Crippen LogP contribution >= 0.6 is 0 Å². The number of nitrogens with zero attached hydrogens (tertiary/aromatic N) is 3. The van der Waals surface area contributed by atoms with Crippen LogP contribution in [0.15, 0.2) is 91.1 Å². The van der Waals surface area contributed by atoms with E-state index in [1.807, 2.05) is 48.5 Å². The Kier molecular flexibility index (Phi) is 7.03. The summed E-state index contributed by atoms with van der Waals surface area (Å²) in [4.78, 5) is 6.45. The van der Waals surface area contributed by atoms with Crippen molar-refractivity contribution >= 4 is 15.5 Å². The van der Waals surface area contributed by atoms with Gasteiger partial charge in [-0.3, -0.25) is 4.98 Å². The number of pyridine rings is 1. The van der Waals surface area contributed by atoms with Crippen molar-refractivity contribution in [3.05, 3.63) is 114 Å². The topological polar surface area (TPSA) is 83.3 Å². The van der Waals surface area contributed by atoms with Crippen LogP contribution in [0.1, 0.15) is 41.6 Å². The van der Waals surface area contributed by atoms with E-state index in [-0.39, 0.29) is 17.1 Å². The van der Waals surface area contributed by atoms with Gasteiger partial charge in [0.1, 0.15) is 17.4 Å². The van der Waals surface area contributed by atoms with Gasteiger partial charge in [0.2, 0.25) is 0 Å². The zero-order valence-electron chi connectivity index (χ0n) is 22.3. The number of fused-ring (bicyclic) bond motifs is 1. The fraction of sp³-hybridized carbons (Fsp3) is 0.273. The molecule has 0 aliphatic carbocycles. The van der Waals surface area contributed by atoms with Crippen LogP contribution < -0.4 is 9.64 Å². The van der Waals surface area contributed by atoms with Gasteiger partial charge in [0.05, 0.1) is 28.5 Å². The first-order valence-corrected chi connectivity index (χ1v) is 15.5. The van der Waals surface area contributed by atoms with Gasteiger partial charge in [0.15, 0.2) is 9.84 Å². The van der Waals surface area contributed by atoms with Crippen molar-refractivity contribution in [1.82, 2.24) is 4.98 Å². The number of piperidine rings is 1. The molecule has 1 spiro atoms. The molecule has 6 nitrogen and oxygen atoms in total. The third kappa shape index (κ3) is 5.59. The molecule has 0 N–H and O–H groups in total. The quantitative estimate of drug-likeness (QED) is 0.289. The first kappa shape index (κ1) is 26.1. The summed E-state index contributed by atoms with van der Waals surface area (Å²) >= 11 is 0. The summed E-state index contributed by atoms with van der Waals surface area (Å²) in [7, 11) is -3.31. The van der Waals surface area contributed by atoms with Gasteiger partial charge in [-0.15, -0.1) is 0 Å². The van der Waals surface area contributed by atoms with E-state index in [0.717, 1.165) is 72.5 Å². The van der Waals surface area contributed by atoms with Crippen LogP contribution in [0.3, 0.4) is 0 Å². The molecule has 0 atom stereocenters. The highest BCUT2D eigenvalue weighted by Gasteiger charge is 2.39. The molecule has 1 aromatic heterocycles. The monoisotopic (exact) mass is 549 g/mol. The highest BCUT2D eigenvalue weighted by atomic mass is 32.2. The van der Waals surface area contributed by atoms with Gasteiger partial charge in [-0.05, 0) is 71.5 Å². The fourth-order valence-corrected chi connectivity index (χ4v) is 7.28. The Morgan fingerprint density at radius 1 is 0.875 bits per heavy atom. The molecule has 3 heterocycles. The van der Waals surface area contributed by atoms with Gasteiger partial charge >= 0.3 is 0 Å². The summed E-state index contributed by atoms with van der Waals surface area (Å²) in [5, 5.41) is 9.49. The number of hydrogen-bond donors (Lipinski definition) is 0. The average molecular weight is 550 g/mol. The van der Waals surface area contributed by atoms with Gasteiger partial charge in [-0.1, -0.05) is 48.5 Å². The maximum absolute atomic E-state index is 12.7. The molecule has 0 saturated carbocycles. The second-order valence-corrected chi connectivity index (χ2v) is 12.8. The van der Waals surface area contributed by atoms with E-state index < -0.39 is 9.84 Å². The normalized spacial score (nSPS) is 16.1. The summed E-state index contributed by atoms with van der Waals surface area (Å²) in [6.07, 6.45) is 5.41. The molecule has 3 aromatic carbocycles. The van der Waals surface area contributed by atoms with E-state index in [0.29, 0.717) is 5.69 Å². The molecular weight excluding hydrogens is 518 g/mol. The summed E-state index contributed by atoms with van der Waals surface area (Å²) < 4.78 is 32.0. The van der Waals surface area contributed by atoms with Crippen LogP contribution in [-0.4, -0.2) is 32.1 Å².